The molecule has 7 heteroatoms. The first-order chi connectivity index (χ1) is 15.6. The van der Waals surface area contributed by atoms with Crippen molar-refractivity contribution in [2.75, 3.05) is 5.32 Å². The monoisotopic (exact) mass is 425 g/mol. The van der Waals surface area contributed by atoms with Gasteiger partial charge in [0.1, 0.15) is 11.6 Å². The first-order valence-electron chi connectivity index (χ1n) is 10.2. The molecule has 0 spiro atoms. The summed E-state index contributed by atoms with van der Waals surface area (Å²) in [6.45, 7) is 2.45. The smallest absolute Gasteiger partial charge is 0.256 e. The van der Waals surface area contributed by atoms with Gasteiger partial charge in [-0.2, -0.15) is 9.78 Å². The molecule has 32 heavy (non-hydrogen) atoms. The van der Waals surface area contributed by atoms with E-state index in [-0.39, 0.29) is 5.91 Å². The molecule has 0 aliphatic heterocycles. The maximum atomic E-state index is 13.2. The summed E-state index contributed by atoms with van der Waals surface area (Å²) in [6, 6.07) is 25.2. The molecule has 0 atom stereocenters. The van der Waals surface area contributed by atoms with Gasteiger partial charge in [0, 0.05) is 11.6 Å². The molecule has 2 aromatic heterocycles. The molecule has 0 unspecified atom stereocenters. The lowest BCUT2D eigenvalue weighted by molar-refractivity contribution is 0.102. The number of hydrogen-bond acceptors (Lipinski definition) is 3. The van der Waals surface area contributed by atoms with Gasteiger partial charge in [-0.15, -0.1) is 0 Å². The number of hydrogen-bond donors (Lipinski definition) is 1. The third kappa shape index (κ3) is 3.76. The Hall–Kier alpha value is -4.26. The molecule has 0 fully saturated rings. The molecule has 5 rings (SSSR count). The second-order valence-electron chi connectivity index (χ2n) is 7.52. The largest absolute Gasteiger partial charge is 0.306 e. The standard InChI is InChI=1S/C25H20FN5O/c1-17-15-23(28-24(32)19-11-13-20(26)14-12-19)31(29-17)25-27-21-9-5-6-10-22(21)30(25)16-18-7-3-2-4-8-18/h2-15H,16H2,1H3,(H,28,32). The number of anilines is 1. The quantitative estimate of drug-likeness (QED) is 0.432. The molecule has 6 nitrogen and oxygen atoms in total. The van der Waals surface area contributed by atoms with E-state index in [2.05, 4.69) is 27.1 Å². The third-order valence-corrected chi connectivity index (χ3v) is 5.19. The van der Waals surface area contributed by atoms with Crippen LogP contribution in [0, 0.1) is 12.7 Å². The molecular formula is C25H20FN5O. The van der Waals surface area contributed by atoms with Gasteiger partial charge in [-0.3, -0.25) is 4.79 Å². The first-order valence-corrected chi connectivity index (χ1v) is 10.2. The summed E-state index contributed by atoms with van der Waals surface area (Å²) in [7, 11) is 0. The van der Waals surface area contributed by atoms with Gasteiger partial charge in [-0.1, -0.05) is 42.5 Å². The van der Waals surface area contributed by atoms with Crippen molar-refractivity contribution >= 4 is 22.8 Å². The summed E-state index contributed by atoms with van der Waals surface area (Å²) in [6.07, 6.45) is 0. The lowest BCUT2D eigenvalue weighted by Crippen LogP contribution is -2.17. The number of nitrogens with zero attached hydrogens (tertiary/aromatic N) is 4. The van der Waals surface area contributed by atoms with Crippen LogP contribution in [-0.4, -0.2) is 25.2 Å². The van der Waals surface area contributed by atoms with Gasteiger partial charge in [0.2, 0.25) is 5.95 Å². The summed E-state index contributed by atoms with van der Waals surface area (Å²) in [5, 5.41) is 7.48. The van der Waals surface area contributed by atoms with Crippen LogP contribution < -0.4 is 5.32 Å². The van der Waals surface area contributed by atoms with Crippen molar-refractivity contribution in [1.29, 1.82) is 0 Å². The van der Waals surface area contributed by atoms with Crippen molar-refractivity contribution in [3.05, 3.63) is 108 Å². The zero-order valence-corrected chi connectivity index (χ0v) is 17.4. The van der Waals surface area contributed by atoms with Crippen molar-refractivity contribution < 1.29 is 9.18 Å². The normalized spacial score (nSPS) is 11.1. The number of aryl methyl sites for hydroxylation is 1. The van der Waals surface area contributed by atoms with Crippen LogP contribution >= 0.6 is 0 Å². The van der Waals surface area contributed by atoms with Gasteiger partial charge < -0.3 is 9.88 Å². The third-order valence-electron chi connectivity index (χ3n) is 5.19. The van der Waals surface area contributed by atoms with Crippen LogP contribution in [0.15, 0.2) is 84.9 Å². The predicted molar refractivity (Wildman–Crippen MR) is 121 cm³/mol. The van der Waals surface area contributed by atoms with Crippen LogP contribution in [0.2, 0.25) is 0 Å². The number of halogens is 1. The Morgan fingerprint density at radius 1 is 0.969 bits per heavy atom. The Bertz CT molecular complexity index is 1400. The Balaban J connectivity index is 1.58. The number of rotatable bonds is 5. The van der Waals surface area contributed by atoms with Gasteiger partial charge in [0.05, 0.1) is 23.3 Å². The molecule has 0 bridgehead atoms. The Morgan fingerprint density at radius 2 is 1.69 bits per heavy atom. The van der Waals surface area contributed by atoms with Gasteiger partial charge in [-0.05, 0) is 48.9 Å². The highest BCUT2D eigenvalue weighted by Crippen LogP contribution is 2.24. The number of carbonyl (C=O) groups is 1. The Labute approximate surface area is 184 Å². The summed E-state index contributed by atoms with van der Waals surface area (Å²) >= 11 is 0. The lowest BCUT2D eigenvalue weighted by Gasteiger charge is -2.12. The fourth-order valence-corrected chi connectivity index (χ4v) is 3.68. The van der Waals surface area contributed by atoms with E-state index < -0.39 is 5.82 Å². The first kappa shape index (κ1) is 19.7. The minimum absolute atomic E-state index is 0.350. The van der Waals surface area contributed by atoms with Gasteiger partial charge in [-0.25, -0.2) is 9.37 Å². The highest BCUT2D eigenvalue weighted by molar-refractivity contribution is 6.04. The molecule has 2 heterocycles. The van der Waals surface area contributed by atoms with Crippen molar-refractivity contribution in [2.45, 2.75) is 13.5 Å². The fraction of sp³-hybridized carbons (Fsp3) is 0.0800. The van der Waals surface area contributed by atoms with E-state index in [1.807, 2.05) is 49.4 Å². The summed E-state index contributed by atoms with van der Waals surface area (Å²) in [5.74, 6) is 0.341. The second kappa shape index (κ2) is 8.11. The van der Waals surface area contributed by atoms with Gasteiger partial charge in [0.25, 0.3) is 5.91 Å². The van der Waals surface area contributed by atoms with Crippen LogP contribution in [0.1, 0.15) is 21.6 Å². The maximum absolute atomic E-state index is 13.2. The zero-order valence-electron chi connectivity index (χ0n) is 17.4. The van der Waals surface area contributed by atoms with Gasteiger partial charge in [0.15, 0.2) is 0 Å². The van der Waals surface area contributed by atoms with E-state index in [0.29, 0.717) is 23.9 Å². The SMILES string of the molecule is Cc1cc(NC(=O)c2ccc(F)cc2)n(-c2nc3ccccc3n2Cc2ccccc2)n1. The van der Waals surface area contributed by atoms with Crippen LogP contribution in [-0.2, 0) is 6.54 Å². The van der Waals surface area contributed by atoms with Crippen molar-refractivity contribution in [3.63, 3.8) is 0 Å². The van der Waals surface area contributed by atoms with E-state index in [1.165, 1.54) is 24.3 Å². The topological polar surface area (TPSA) is 64.7 Å². The number of benzene rings is 3. The highest BCUT2D eigenvalue weighted by atomic mass is 19.1. The second-order valence-corrected chi connectivity index (χ2v) is 7.52. The van der Waals surface area contributed by atoms with Gasteiger partial charge >= 0.3 is 0 Å². The molecule has 1 amide bonds. The maximum Gasteiger partial charge on any atom is 0.256 e. The molecule has 0 aliphatic rings. The van der Waals surface area contributed by atoms with Crippen LogP contribution in [0.25, 0.3) is 17.0 Å². The highest BCUT2D eigenvalue weighted by Gasteiger charge is 2.19. The van der Waals surface area contributed by atoms with Crippen LogP contribution in [0.5, 0.6) is 0 Å². The van der Waals surface area contributed by atoms with Crippen LogP contribution in [0.4, 0.5) is 10.2 Å². The molecule has 158 valence electrons. The van der Waals surface area contributed by atoms with Crippen molar-refractivity contribution in [2.24, 2.45) is 0 Å². The van der Waals surface area contributed by atoms with Crippen LogP contribution in [0.3, 0.4) is 0 Å². The fourth-order valence-electron chi connectivity index (χ4n) is 3.68. The molecule has 3 aromatic carbocycles. The van der Waals surface area contributed by atoms with E-state index in [9.17, 15) is 9.18 Å². The number of fused-ring (bicyclic) bond motifs is 1. The number of nitrogens with one attached hydrogen (secondary N) is 1. The Morgan fingerprint density at radius 3 is 2.47 bits per heavy atom. The molecule has 5 aromatic rings. The van der Waals surface area contributed by atoms with Crippen molar-refractivity contribution in [1.82, 2.24) is 19.3 Å². The van der Waals surface area contributed by atoms with E-state index in [0.717, 1.165) is 22.3 Å². The summed E-state index contributed by atoms with van der Waals surface area (Å²) < 4.78 is 16.9. The van der Waals surface area contributed by atoms with E-state index >= 15 is 0 Å². The molecule has 0 radical (unpaired) electrons. The number of aromatic nitrogens is 4. The molecule has 1 N–H and O–H groups in total. The molecular weight excluding hydrogens is 405 g/mol. The average molecular weight is 425 g/mol. The van der Waals surface area contributed by atoms with E-state index in [4.69, 9.17) is 4.98 Å². The number of imidazole rings is 1. The number of para-hydroxylation sites is 2. The Kier molecular flexibility index (Phi) is 4.99. The predicted octanol–water partition coefficient (Wildman–Crippen LogP) is 4.97. The molecule has 0 saturated carbocycles. The zero-order chi connectivity index (χ0) is 22.1. The summed E-state index contributed by atoms with van der Waals surface area (Å²) in [4.78, 5) is 17.6. The lowest BCUT2D eigenvalue weighted by atomic mass is 10.2. The summed E-state index contributed by atoms with van der Waals surface area (Å²) in [5.41, 5.74) is 4.02. The van der Waals surface area contributed by atoms with Crippen molar-refractivity contribution in [3.8, 4) is 5.95 Å². The number of amides is 1. The van der Waals surface area contributed by atoms with E-state index in [1.54, 1.807) is 10.7 Å². The molecule has 0 saturated heterocycles. The minimum atomic E-state index is -0.392. The average Bonchev–Trinajstić information content (AvgIpc) is 3.34. The minimum Gasteiger partial charge on any atom is -0.306 e. The number of carbonyl (C=O) groups excluding carboxylic acids is 1. The molecule has 0 aliphatic carbocycles.